The number of carbonyl (C=O) groups excluding carboxylic acids is 4. The zero-order valence-corrected chi connectivity index (χ0v) is 15.1. The summed E-state index contributed by atoms with van der Waals surface area (Å²) in [6.45, 7) is 1.49. The Morgan fingerprint density at radius 2 is 1.96 bits per heavy atom. The van der Waals surface area contributed by atoms with Crippen LogP contribution in [-0.2, 0) is 14.4 Å². The van der Waals surface area contributed by atoms with Crippen molar-refractivity contribution in [1.82, 2.24) is 4.90 Å². The normalized spacial score (nSPS) is 22.1. The Morgan fingerprint density at radius 1 is 1.23 bits per heavy atom. The van der Waals surface area contributed by atoms with E-state index >= 15 is 0 Å². The molecule has 1 aromatic rings. The number of nitrogens with zero attached hydrogens (tertiary/aromatic N) is 1. The fraction of sp³-hybridized carbons (Fsp3) is 0.368. The molecule has 0 aromatic heterocycles. The molecule has 1 saturated heterocycles. The number of Topliss-reactive ketones (excluding diaryl/α,β-unsaturated/α-hetero) is 1. The van der Waals surface area contributed by atoms with Gasteiger partial charge >= 0.3 is 0 Å². The first-order chi connectivity index (χ1) is 12.4. The molecule has 1 fully saturated rings. The molecule has 0 radical (unpaired) electrons. The Labute approximate surface area is 156 Å². The number of hydrogen-bond acceptors (Lipinski definition) is 4. The van der Waals surface area contributed by atoms with Crippen molar-refractivity contribution in [3.63, 3.8) is 0 Å². The predicted molar refractivity (Wildman–Crippen MR) is 96.6 cm³/mol. The van der Waals surface area contributed by atoms with Crippen LogP contribution < -0.4 is 5.32 Å². The van der Waals surface area contributed by atoms with Gasteiger partial charge in [0.25, 0.3) is 0 Å². The number of benzene rings is 1. The van der Waals surface area contributed by atoms with Crippen molar-refractivity contribution in [1.29, 1.82) is 0 Å². The van der Waals surface area contributed by atoms with Crippen LogP contribution in [0.2, 0.25) is 0 Å². The van der Waals surface area contributed by atoms with Gasteiger partial charge in [0.05, 0.1) is 11.8 Å². The zero-order chi connectivity index (χ0) is 18.8. The number of hydrogen-bond donors (Lipinski definition) is 1. The van der Waals surface area contributed by atoms with Gasteiger partial charge in [0.1, 0.15) is 0 Å². The van der Waals surface area contributed by atoms with Crippen molar-refractivity contribution in [3.05, 3.63) is 40.9 Å². The smallest absolute Gasteiger partial charge is 0.233 e. The quantitative estimate of drug-likeness (QED) is 0.634. The number of likely N-dealkylation sites (tertiary alicyclic amines) is 1. The van der Waals surface area contributed by atoms with E-state index in [-0.39, 0.29) is 42.4 Å². The number of ketones is 1. The lowest BCUT2D eigenvalue weighted by atomic mass is 9.85. The summed E-state index contributed by atoms with van der Waals surface area (Å²) in [4.78, 5) is 49.6. The van der Waals surface area contributed by atoms with Gasteiger partial charge in [-0.2, -0.15) is 0 Å². The largest absolute Gasteiger partial charge is 0.326 e. The highest BCUT2D eigenvalue weighted by molar-refractivity contribution is 6.30. The molecule has 136 valence electrons. The third-order valence-electron chi connectivity index (χ3n) is 4.78. The van der Waals surface area contributed by atoms with Gasteiger partial charge in [0, 0.05) is 29.2 Å². The number of halogens is 1. The maximum Gasteiger partial charge on any atom is 0.233 e. The predicted octanol–water partition coefficient (Wildman–Crippen LogP) is 2.74. The molecule has 3 rings (SSSR count). The van der Waals surface area contributed by atoms with Crippen LogP contribution in [0.15, 0.2) is 35.4 Å². The fourth-order valence-electron chi connectivity index (χ4n) is 3.37. The second-order valence-corrected chi connectivity index (χ2v) is 7.05. The Bertz CT molecular complexity index is 818. The SMILES string of the molecule is CC(=O)c1cccc(NC(=O)CCN2C(=O)[C@H]3CC=C(Cl)C[C@H]3C2=O)c1. The van der Waals surface area contributed by atoms with E-state index in [0.29, 0.717) is 29.1 Å². The molecule has 1 aliphatic heterocycles. The van der Waals surface area contributed by atoms with Gasteiger partial charge < -0.3 is 5.32 Å². The van der Waals surface area contributed by atoms with Gasteiger partial charge in [-0.25, -0.2) is 0 Å². The molecule has 6 nitrogen and oxygen atoms in total. The molecule has 0 spiro atoms. The van der Waals surface area contributed by atoms with E-state index in [1.54, 1.807) is 30.3 Å². The molecular formula is C19H19ClN2O4. The van der Waals surface area contributed by atoms with E-state index < -0.39 is 5.92 Å². The Morgan fingerprint density at radius 3 is 2.69 bits per heavy atom. The van der Waals surface area contributed by atoms with Gasteiger partial charge in [-0.3, -0.25) is 24.1 Å². The molecule has 7 heteroatoms. The average Bonchev–Trinajstić information content (AvgIpc) is 2.83. The summed E-state index contributed by atoms with van der Waals surface area (Å²) in [5.74, 6) is -1.67. The molecule has 1 aromatic carbocycles. The summed E-state index contributed by atoms with van der Waals surface area (Å²) in [6, 6.07) is 6.62. The molecule has 2 atom stereocenters. The number of allylic oxidation sites excluding steroid dienone is 2. The number of rotatable bonds is 5. The lowest BCUT2D eigenvalue weighted by molar-refractivity contribution is -0.140. The van der Waals surface area contributed by atoms with Crippen molar-refractivity contribution < 1.29 is 19.2 Å². The maximum atomic E-state index is 12.4. The van der Waals surface area contributed by atoms with Crippen LogP contribution in [0.5, 0.6) is 0 Å². The van der Waals surface area contributed by atoms with E-state index in [4.69, 9.17) is 11.6 Å². The van der Waals surface area contributed by atoms with Crippen LogP contribution in [0.3, 0.4) is 0 Å². The second-order valence-electron chi connectivity index (χ2n) is 6.57. The minimum Gasteiger partial charge on any atom is -0.326 e. The van der Waals surface area contributed by atoms with Crippen molar-refractivity contribution in [2.75, 3.05) is 11.9 Å². The van der Waals surface area contributed by atoms with Crippen molar-refractivity contribution in [3.8, 4) is 0 Å². The number of carbonyl (C=O) groups is 4. The lowest BCUT2D eigenvalue weighted by Crippen LogP contribution is -2.34. The van der Waals surface area contributed by atoms with Crippen molar-refractivity contribution in [2.24, 2.45) is 11.8 Å². The molecular weight excluding hydrogens is 356 g/mol. The van der Waals surface area contributed by atoms with Crippen LogP contribution in [0, 0.1) is 11.8 Å². The monoisotopic (exact) mass is 374 g/mol. The summed E-state index contributed by atoms with van der Waals surface area (Å²) in [5, 5.41) is 3.30. The van der Waals surface area contributed by atoms with Crippen LogP contribution in [0.4, 0.5) is 5.69 Å². The van der Waals surface area contributed by atoms with Gasteiger partial charge in [0.2, 0.25) is 17.7 Å². The summed E-state index contributed by atoms with van der Waals surface area (Å²) < 4.78 is 0. The Balaban J connectivity index is 1.58. The average molecular weight is 375 g/mol. The van der Waals surface area contributed by atoms with Crippen LogP contribution in [0.25, 0.3) is 0 Å². The molecule has 3 amide bonds. The van der Waals surface area contributed by atoms with E-state index in [9.17, 15) is 19.2 Å². The molecule has 1 N–H and O–H groups in total. The van der Waals surface area contributed by atoms with Crippen molar-refractivity contribution in [2.45, 2.75) is 26.2 Å². The van der Waals surface area contributed by atoms with E-state index in [2.05, 4.69) is 5.32 Å². The summed E-state index contributed by atoms with van der Waals surface area (Å²) in [6.07, 6.45) is 2.64. The summed E-state index contributed by atoms with van der Waals surface area (Å²) in [5.41, 5.74) is 1.01. The number of fused-ring (bicyclic) bond motifs is 1. The highest BCUT2D eigenvalue weighted by Gasteiger charge is 2.48. The number of amides is 3. The number of imide groups is 1. The molecule has 26 heavy (non-hydrogen) atoms. The standard InChI is InChI=1S/C19H19ClN2O4/c1-11(23)12-3-2-4-14(9-12)21-17(24)7-8-22-18(25)15-6-5-13(20)10-16(15)19(22)26/h2-5,9,15-16H,6-8,10H2,1H3,(H,21,24)/t15-,16+/m0/s1. The van der Waals surface area contributed by atoms with E-state index in [1.807, 2.05) is 0 Å². The van der Waals surface area contributed by atoms with Gasteiger partial charge in [-0.05, 0) is 31.9 Å². The minimum atomic E-state index is -0.407. The molecule has 1 heterocycles. The van der Waals surface area contributed by atoms with E-state index in [1.165, 1.54) is 11.8 Å². The zero-order valence-electron chi connectivity index (χ0n) is 14.3. The first kappa shape index (κ1) is 18.3. The topological polar surface area (TPSA) is 83.6 Å². The molecule has 0 unspecified atom stereocenters. The molecule has 0 bridgehead atoms. The van der Waals surface area contributed by atoms with Crippen LogP contribution >= 0.6 is 11.6 Å². The lowest BCUT2D eigenvalue weighted by Gasteiger charge is -2.17. The second kappa shape index (κ2) is 7.41. The highest BCUT2D eigenvalue weighted by atomic mass is 35.5. The first-order valence-electron chi connectivity index (χ1n) is 8.47. The van der Waals surface area contributed by atoms with Crippen LogP contribution in [-0.4, -0.2) is 34.9 Å². The Hall–Kier alpha value is -2.47. The third-order valence-corrected chi connectivity index (χ3v) is 5.08. The highest BCUT2D eigenvalue weighted by Crippen LogP contribution is 2.38. The molecule has 2 aliphatic rings. The van der Waals surface area contributed by atoms with Gasteiger partial charge in [-0.15, -0.1) is 0 Å². The summed E-state index contributed by atoms with van der Waals surface area (Å²) in [7, 11) is 0. The fourth-order valence-corrected chi connectivity index (χ4v) is 3.62. The van der Waals surface area contributed by atoms with Gasteiger partial charge in [-0.1, -0.05) is 29.8 Å². The number of nitrogens with one attached hydrogen (secondary N) is 1. The third kappa shape index (κ3) is 3.70. The molecule has 1 aliphatic carbocycles. The minimum absolute atomic E-state index is 0.00236. The molecule has 0 saturated carbocycles. The first-order valence-corrected chi connectivity index (χ1v) is 8.85. The van der Waals surface area contributed by atoms with E-state index in [0.717, 1.165) is 0 Å². The maximum absolute atomic E-state index is 12.4. The van der Waals surface area contributed by atoms with Crippen LogP contribution in [0.1, 0.15) is 36.5 Å². The van der Waals surface area contributed by atoms with Gasteiger partial charge in [0.15, 0.2) is 5.78 Å². The Kier molecular flexibility index (Phi) is 5.23. The summed E-state index contributed by atoms with van der Waals surface area (Å²) >= 11 is 5.99. The van der Waals surface area contributed by atoms with Crippen molar-refractivity contribution >= 4 is 40.8 Å². The number of anilines is 1.